The lowest BCUT2D eigenvalue weighted by Gasteiger charge is -2.18. The second-order valence-electron chi connectivity index (χ2n) is 3.75. The summed E-state index contributed by atoms with van der Waals surface area (Å²) in [6.45, 7) is 5.19. The van der Waals surface area contributed by atoms with E-state index in [1.54, 1.807) is 13.8 Å². The summed E-state index contributed by atoms with van der Waals surface area (Å²) in [7, 11) is 0. The minimum atomic E-state index is -1.03. The molecule has 66 valence electrons. The van der Waals surface area contributed by atoms with E-state index in [0.29, 0.717) is 19.5 Å². The fraction of sp³-hybridized carbons (Fsp3) is 1.00. The highest BCUT2D eigenvalue weighted by Crippen LogP contribution is 2.24. The second-order valence-corrected chi connectivity index (χ2v) is 3.75. The van der Waals surface area contributed by atoms with Crippen LogP contribution in [0.1, 0.15) is 20.3 Å². The Kier molecular flexibility index (Phi) is 2.50. The molecule has 11 heavy (non-hydrogen) atoms. The third-order valence-corrected chi connectivity index (χ3v) is 2.03. The summed E-state index contributed by atoms with van der Waals surface area (Å²) in [6.07, 6.45) is 0.253. The number of hydrogen-bond donors (Lipinski definition) is 1. The molecule has 1 saturated heterocycles. The van der Waals surface area contributed by atoms with Gasteiger partial charge in [0.25, 0.3) is 0 Å². The van der Waals surface area contributed by atoms with Crippen LogP contribution in [-0.2, 0) is 0 Å². The minimum absolute atomic E-state index is 0.344. The number of nitrogens with zero attached hydrogens (tertiary/aromatic N) is 1. The van der Waals surface area contributed by atoms with Crippen molar-refractivity contribution in [3.63, 3.8) is 0 Å². The van der Waals surface area contributed by atoms with Gasteiger partial charge in [-0.1, -0.05) is 0 Å². The molecule has 1 aliphatic heterocycles. The molecule has 0 saturated carbocycles. The SMILES string of the molecule is CC(O)CN1CCC(C)(F)C1. The molecule has 0 aliphatic carbocycles. The van der Waals surface area contributed by atoms with E-state index in [-0.39, 0.29) is 6.10 Å². The molecule has 3 heteroatoms. The van der Waals surface area contributed by atoms with Crippen LogP contribution in [0.5, 0.6) is 0 Å². The Hall–Kier alpha value is -0.150. The molecule has 0 aromatic heterocycles. The van der Waals surface area contributed by atoms with Gasteiger partial charge in [0.15, 0.2) is 0 Å². The third-order valence-electron chi connectivity index (χ3n) is 2.03. The van der Waals surface area contributed by atoms with E-state index in [2.05, 4.69) is 0 Å². The zero-order valence-electron chi connectivity index (χ0n) is 7.18. The van der Waals surface area contributed by atoms with Crippen molar-refractivity contribution < 1.29 is 9.50 Å². The molecule has 2 nitrogen and oxygen atoms in total. The van der Waals surface area contributed by atoms with Gasteiger partial charge in [-0.05, 0) is 20.3 Å². The smallest absolute Gasteiger partial charge is 0.122 e. The summed E-state index contributed by atoms with van der Waals surface area (Å²) in [6, 6.07) is 0. The van der Waals surface area contributed by atoms with Crippen LogP contribution in [0.3, 0.4) is 0 Å². The lowest BCUT2D eigenvalue weighted by atomic mass is 10.1. The predicted octanol–water partition coefficient (Wildman–Crippen LogP) is 0.801. The molecule has 0 aromatic carbocycles. The van der Waals surface area contributed by atoms with Gasteiger partial charge >= 0.3 is 0 Å². The normalized spacial score (nSPS) is 36.0. The van der Waals surface area contributed by atoms with Crippen LogP contribution in [0, 0.1) is 0 Å². The first kappa shape index (κ1) is 8.94. The van der Waals surface area contributed by atoms with Gasteiger partial charge in [-0.25, -0.2) is 4.39 Å². The molecule has 0 amide bonds. The molecule has 0 aromatic rings. The van der Waals surface area contributed by atoms with Crippen molar-refractivity contribution in [1.29, 1.82) is 0 Å². The Balaban J connectivity index is 2.31. The first-order valence-corrected chi connectivity index (χ1v) is 4.09. The molecule has 2 atom stereocenters. The molecular weight excluding hydrogens is 145 g/mol. The Labute approximate surface area is 67.0 Å². The Bertz CT molecular complexity index is 136. The van der Waals surface area contributed by atoms with Gasteiger partial charge in [0, 0.05) is 19.6 Å². The van der Waals surface area contributed by atoms with Crippen molar-refractivity contribution in [2.75, 3.05) is 19.6 Å². The quantitative estimate of drug-likeness (QED) is 0.647. The maximum absolute atomic E-state index is 13.2. The summed E-state index contributed by atoms with van der Waals surface area (Å²) in [5.41, 5.74) is -1.03. The van der Waals surface area contributed by atoms with E-state index >= 15 is 0 Å². The monoisotopic (exact) mass is 161 g/mol. The van der Waals surface area contributed by atoms with Gasteiger partial charge in [0.2, 0.25) is 0 Å². The molecule has 2 unspecified atom stereocenters. The highest BCUT2D eigenvalue weighted by molar-refractivity contribution is 4.86. The largest absolute Gasteiger partial charge is 0.392 e. The molecular formula is C8H16FNO. The van der Waals surface area contributed by atoms with Gasteiger partial charge < -0.3 is 5.11 Å². The lowest BCUT2D eigenvalue weighted by Crippen LogP contribution is -2.31. The summed E-state index contributed by atoms with van der Waals surface area (Å²) < 4.78 is 13.2. The zero-order valence-corrected chi connectivity index (χ0v) is 7.18. The minimum Gasteiger partial charge on any atom is -0.392 e. The Morgan fingerprint density at radius 1 is 1.73 bits per heavy atom. The number of aliphatic hydroxyl groups is 1. The number of likely N-dealkylation sites (tertiary alicyclic amines) is 1. The highest BCUT2D eigenvalue weighted by Gasteiger charge is 2.33. The fourth-order valence-corrected chi connectivity index (χ4v) is 1.55. The van der Waals surface area contributed by atoms with Gasteiger partial charge in [0.05, 0.1) is 6.10 Å². The maximum Gasteiger partial charge on any atom is 0.122 e. The van der Waals surface area contributed by atoms with Crippen molar-refractivity contribution in [2.24, 2.45) is 0 Å². The number of rotatable bonds is 2. The number of halogens is 1. The first-order chi connectivity index (χ1) is 4.99. The van der Waals surface area contributed by atoms with Crippen LogP contribution < -0.4 is 0 Å². The van der Waals surface area contributed by atoms with Crippen molar-refractivity contribution in [1.82, 2.24) is 4.90 Å². The maximum atomic E-state index is 13.2. The molecule has 1 aliphatic rings. The number of alkyl halides is 1. The van der Waals surface area contributed by atoms with E-state index in [9.17, 15) is 4.39 Å². The Morgan fingerprint density at radius 2 is 2.36 bits per heavy atom. The van der Waals surface area contributed by atoms with E-state index in [0.717, 1.165) is 6.54 Å². The molecule has 0 bridgehead atoms. The van der Waals surface area contributed by atoms with Crippen LogP contribution in [-0.4, -0.2) is 41.4 Å². The van der Waals surface area contributed by atoms with Crippen LogP contribution in [0.4, 0.5) is 4.39 Å². The number of β-amino-alcohol motifs (C(OH)–C–C–N with tert-alkyl or cyclic N) is 1. The molecule has 0 spiro atoms. The van der Waals surface area contributed by atoms with Gasteiger partial charge in [-0.3, -0.25) is 4.90 Å². The molecule has 1 fully saturated rings. The van der Waals surface area contributed by atoms with Crippen LogP contribution >= 0.6 is 0 Å². The molecule has 1 N–H and O–H groups in total. The second kappa shape index (κ2) is 3.07. The van der Waals surface area contributed by atoms with Crippen molar-refractivity contribution in [3.8, 4) is 0 Å². The van der Waals surface area contributed by atoms with Crippen LogP contribution in [0.25, 0.3) is 0 Å². The zero-order chi connectivity index (χ0) is 8.48. The predicted molar refractivity (Wildman–Crippen MR) is 42.3 cm³/mol. The van der Waals surface area contributed by atoms with Gasteiger partial charge in [-0.2, -0.15) is 0 Å². The van der Waals surface area contributed by atoms with E-state index in [1.807, 2.05) is 4.90 Å². The fourth-order valence-electron chi connectivity index (χ4n) is 1.55. The van der Waals surface area contributed by atoms with Gasteiger partial charge in [0.1, 0.15) is 5.67 Å². The summed E-state index contributed by atoms with van der Waals surface area (Å²) in [5, 5.41) is 9.02. The average Bonchev–Trinajstić information content (AvgIpc) is 2.08. The highest BCUT2D eigenvalue weighted by atomic mass is 19.1. The van der Waals surface area contributed by atoms with Crippen molar-refractivity contribution in [2.45, 2.75) is 32.0 Å². The topological polar surface area (TPSA) is 23.5 Å². The van der Waals surface area contributed by atoms with Crippen LogP contribution in [0.15, 0.2) is 0 Å². The molecule has 1 rings (SSSR count). The average molecular weight is 161 g/mol. The standard InChI is InChI=1S/C8H16FNO/c1-7(11)5-10-4-3-8(2,9)6-10/h7,11H,3-6H2,1-2H3. The molecule has 0 radical (unpaired) electrons. The van der Waals surface area contributed by atoms with Crippen LogP contribution in [0.2, 0.25) is 0 Å². The number of aliphatic hydroxyl groups excluding tert-OH is 1. The van der Waals surface area contributed by atoms with E-state index in [1.165, 1.54) is 0 Å². The van der Waals surface area contributed by atoms with Crippen molar-refractivity contribution >= 4 is 0 Å². The lowest BCUT2D eigenvalue weighted by molar-refractivity contribution is 0.124. The van der Waals surface area contributed by atoms with E-state index < -0.39 is 5.67 Å². The summed E-state index contributed by atoms with van der Waals surface area (Å²) in [5.74, 6) is 0. The summed E-state index contributed by atoms with van der Waals surface area (Å²) in [4.78, 5) is 1.96. The Morgan fingerprint density at radius 3 is 2.73 bits per heavy atom. The third kappa shape index (κ3) is 2.75. The van der Waals surface area contributed by atoms with Crippen molar-refractivity contribution in [3.05, 3.63) is 0 Å². The number of hydrogen-bond acceptors (Lipinski definition) is 2. The first-order valence-electron chi connectivity index (χ1n) is 4.09. The van der Waals surface area contributed by atoms with Gasteiger partial charge in [-0.15, -0.1) is 0 Å². The molecule has 1 heterocycles. The summed E-state index contributed by atoms with van der Waals surface area (Å²) >= 11 is 0. The van der Waals surface area contributed by atoms with E-state index in [4.69, 9.17) is 5.11 Å².